The monoisotopic (exact) mass is 973 g/mol. The molecule has 5 aliphatic heterocycles. The molecular formula is C54H68N8O9. The van der Waals surface area contributed by atoms with Gasteiger partial charge < -0.3 is 54.5 Å². The standard InChI is InChI=1S/C54H68N8O9/c1-25-14-43(61(31(25)7)51(63)46(59-53(65)66)35-16-27(3)70-28(4)17-35)49-55-23-42(57-49)34-10-12-38-37(20-34)24-69-45-22-39-33(21-40(38)45)11-13-41-48(39)58-50(56-41)44-15-26(2)32(8)62(44)52(64)47(60-54(67)68-9)36-18-29(5)71-30(6)19-36/h10-13,20-23,25-32,35-36,43-44,46-47,59H,14-19,24H2,1-9H3,(H,55,57)(H,56,58)(H,60,67)(H,65,66)/t25-,26-,27-,28-,29-,30-,31-,32-,43-,44-,46+,47+/m1/s1. The lowest BCUT2D eigenvalue weighted by atomic mass is 9.85. The molecule has 17 nitrogen and oxygen atoms in total. The first-order chi connectivity index (χ1) is 34.0. The molecule has 0 aliphatic carbocycles. The fraction of sp³-hybridized carbons (Fsp3) is 0.556. The summed E-state index contributed by atoms with van der Waals surface area (Å²) >= 11 is 0. The minimum atomic E-state index is -1.22. The number of alkyl carbamates (subject to hydrolysis) is 1. The van der Waals surface area contributed by atoms with Gasteiger partial charge in [0, 0.05) is 23.0 Å². The van der Waals surface area contributed by atoms with Crippen molar-refractivity contribution in [3.05, 3.63) is 65.9 Å². The number of nitrogens with zero attached hydrogens (tertiary/aromatic N) is 4. The molecule has 4 saturated heterocycles. The lowest BCUT2D eigenvalue weighted by molar-refractivity contribution is -0.141. The van der Waals surface area contributed by atoms with E-state index in [2.05, 4.69) is 77.8 Å². The predicted octanol–water partition coefficient (Wildman–Crippen LogP) is 9.03. The van der Waals surface area contributed by atoms with Crippen LogP contribution in [0, 0.1) is 23.7 Å². The molecule has 0 unspecified atom stereocenters. The number of amides is 4. The molecule has 5 N–H and O–H groups in total. The van der Waals surface area contributed by atoms with E-state index in [1.54, 1.807) is 0 Å². The van der Waals surface area contributed by atoms with Crippen molar-refractivity contribution < 1.29 is 43.2 Å². The zero-order valence-corrected chi connectivity index (χ0v) is 42.2. The van der Waals surface area contributed by atoms with Gasteiger partial charge in [-0.15, -0.1) is 0 Å². The fourth-order valence-corrected chi connectivity index (χ4v) is 12.8. The molecule has 3 aromatic carbocycles. The summed E-state index contributed by atoms with van der Waals surface area (Å²) in [5, 5.41) is 17.3. The van der Waals surface area contributed by atoms with Crippen LogP contribution in [0.15, 0.2) is 48.7 Å². The molecule has 4 fully saturated rings. The number of hydrogen-bond donors (Lipinski definition) is 5. The maximum atomic E-state index is 14.8. The van der Waals surface area contributed by atoms with Crippen LogP contribution in [0.3, 0.4) is 0 Å². The first kappa shape index (κ1) is 48.4. The molecule has 2 aromatic heterocycles. The summed E-state index contributed by atoms with van der Waals surface area (Å²) in [6.07, 6.45) is 3.59. The van der Waals surface area contributed by atoms with Gasteiger partial charge in [-0.3, -0.25) is 9.59 Å². The summed E-state index contributed by atoms with van der Waals surface area (Å²) < 4.78 is 23.5. The average Bonchev–Trinajstić information content (AvgIpc) is 4.13. The third-order valence-electron chi connectivity index (χ3n) is 16.5. The number of hydrogen-bond acceptors (Lipinski definition) is 10. The van der Waals surface area contributed by atoms with E-state index in [9.17, 15) is 24.3 Å². The van der Waals surface area contributed by atoms with Crippen molar-refractivity contribution in [3.63, 3.8) is 0 Å². The Hall–Kier alpha value is -6.20. The largest absolute Gasteiger partial charge is 0.488 e. The van der Waals surface area contributed by atoms with Gasteiger partial charge in [-0.25, -0.2) is 19.6 Å². The number of nitrogens with one attached hydrogen (secondary N) is 4. The second kappa shape index (κ2) is 19.1. The number of rotatable bonds is 9. The molecule has 0 spiro atoms. The van der Waals surface area contributed by atoms with Crippen LogP contribution < -0.4 is 15.4 Å². The molecule has 5 aliphatic rings. The SMILES string of the molecule is COC(=O)N[C@H](C(=O)N1[C@@H](c2nc3ccc4cc5c(cc4c3[nH]2)OCc2cc(-c3cnc([C@H]4C[C@@H](C)[C@@H](C)N4C(=O)[C@@H](NC(=O)O)C4C[C@@H](C)O[C@H](C)C4)[nH]3)ccc2-5)C[C@@H](C)[C@H]1C)C1C[C@@H](C)O[C@H](C)C1. The molecule has 0 saturated carbocycles. The summed E-state index contributed by atoms with van der Waals surface area (Å²) in [5.41, 5.74) is 6.47. The first-order valence-electron chi connectivity index (χ1n) is 25.5. The number of methoxy groups -OCH3 is 1. The topological polar surface area (TPSA) is 213 Å². The number of carboxylic acid groups (broad SMARTS) is 1. The number of imidazole rings is 2. The van der Waals surface area contributed by atoms with Gasteiger partial charge in [0.1, 0.15) is 36.1 Å². The van der Waals surface area contributed by atoms with Crippen LogP contribution in [0.1, 0.15) is 123 Å². The molecule has 0 bridgehead atoms. The van der Waals surface area contributed by atoms with Gasteiger partial charge in [0.25, 0.3) is 0 Å². The van der Waals surface area contributed by atoms with Crippen molar-refractivity contribution in [2.75, 3.05) is 7.11 Å². The third kappa shape index (κ3) is 9.08. The van der Waals surface area contributed by atoms with Gasteiger partial charge in [-0.1, -0.05) is 32.0 Å². The summed E-state index contributed by atoms with van der Waals surface area (Å²) in [7, 11) is 1.32. The van der Waals surface area contributed by atoms with Gasteiger partial charge in [-0.2, -0.15) is 0 Å². The minimum absolute atomic E-state index is 0.0460. The maximum absolute atomic E-state index is 14.8. The van der Waals surface area contributed by atoms with Crippen molar-refractivity contribution in [1.29, 1.82) is 0 Å². The zero-order valence-electron chi connectivity index (χ0n) is 42.2. The van der Waals surface area contributed by atoms with Gasteiger partial charge in [0.2, 0.25) is 11.8 Å². The molecule has 5 aromatic rings. The van der Waals surface area contributed by atoms with E-state index in [1.165, 1.54) is 7.11 Å². The number of carbonyl (C=O) groups is 4. The molecule has 12 atom stereocenters. The van der Waals surface area contributed by atoms with Gasteiger partial charge >= 0.3 is 12.2 Å². The lowest BCUT2D eigenvalue weighted by Gasteiger charge is -2.39. The zero-order chi connectivity index (χ0) is 50.2. The molecule has 71 heavy (non-hydrogen) atoms. The first-order valence-corrected chi connectivity index (χ1v) is 25.5. The quantitative estimate of drug-likeness (QED) is 0.0940. The smallest absolute Gasteiger partial charge is 0.407 e. The van der Waals surface area contributed by atoms with Crippen molar-refractivity contribution in [3.8, 4) is 28.1 Å². The van der Waals surface area contributed by atoms with E-state index in [4.69, 9.17) is 28.9 Å². The van der Waals surface area contributed by atoms with E-state index >= 15 is 0 Å². The van der Waals surface area contributed by atoms with Crippen LogP contribution >= 0.6 is 0 Å². The number of fused-ring (bicyclic) bond motifs is 6. The number of aromatic amines is 2. The van der Waals surface area contributed by atoms with Crippen molar-refractivity contribution in [2.45, 2.75) is 161 Å². The van der Waals surface area contributed by atoms with Crippen molar-refractivity contribution in [1.82, 2.24) is 40.4 Å². The lowest BCUT2D eigenvalue weighted by Crippen LogP contribution is -2.55. The fourth-order valence-electron chi connectivity index (χ4n) is 12.8. The van der Waals surface area contributed by atoms with Gasteiger partial charge in [-0.05, 0) is 150 Å². The molecule has 10 rings (SSSR count). The van der Waals surface area contributed by atoms with Crippen LogP contribution in [0.4, 0.5) is 9.59 Å². The van der Waals surface area contributed by atoms with E-state index in [-0.39, 0.29) is 84.1 Å². The summed E-state index contributed by atoms with van der Waals surface area (Å²) in [6, 6.07) is 12.1. The highest BCUT2D eigenvalue weighted by Crippen LogP contribution is 2.46. The molecule has 7 heterocycles. The predicted molar refractivity (Wildman–Crippen MR) is 266 cm³/mol. The number of likely N-dealkylation sites (tertiary alicyclic amines) is 2. The molecule has 378 valence electrons. The Morgan fingerprint density at radius 2 is 1.31 bits per heavy atom. The Balaban J connectivity index is 0.905. The van der Waals surface area contributed by atoms with Gasteiger partial charge in [0.15, 0.2) is 0 Å². The summed E-state index contributed by atoms with van der Waals surface area (Å²) in [6.45, 7) is 16.7. The highest BCUT2D eigenvalue weighted by Gasteiger charge is 2.48. The Morgan fingerprint density at radius 3 is 1.90 bits per heavy atom. The van der Waals surface area contributed by atoms with Crippen LogP contribution in [-0.2, 0) is 30.4 Å². The Kier molecular flexibility index (Phi) is 13.0. The summed E-state index contributed by atoms with van der Waals surface area (Å²) in [4.78, 5) is 75.0. The maximum Gasteiger partial charge on any atom is 0.407 e. The normalized spacial score (nSPS) is 30.3. The Bertz CT molecular complexity index is 2840. The number of H-pyrrole nitrogens is 2. The molecular weight excluding hydrogens is 905 g/mol. The van der Waals surface area contributed by atoms with E-state index in [1.807, 2.05) is 56.7 Å². The Morgan fingerprint density at radius 1 is 0.718 bits per heavy atom. The van der Waals surface area contributed by atoms with Gasteiger partial charge in [0.05, 0.1) is 66.5 Å². The van der Waals surface area contributed by atoms with E-state index < -0.39 is 24.3 Å². The van der Waals surface area contributed by atoms with Crippen molar-refractivity contribution >= 4 is 45.8 Å². The highest BCUT2D eigenvalue weighted by molar-refractivity contribution is 6.07. The third-order valence-corrected chi connectivity index (χ3v) is 16.5. The number of carbonyl (C=O) groups excluding carboxylic acids is 3. The Labute approximate surface area is 414 Å². The van der Waals surface area contributed by atoms with Crippen LogP contribution in [0.25, 0.3) is 44.2 Å². The van der Waals surface area contributed by atoms with Crippen LogP contribution in [0.2, 0.25) is 0 Å². The number of ether oxygens (including phenoxy) is 4. The number of benzene rings is 3. The average molecular weight is 973 g/mol. The second-order valence-corrected chi connectivity index (χ2v) is 21.4. The molecule has 0 radical (unpaired) electrons. The number of aromatic nitrogens is 4. The van der Waals surface area contributed by atoms with Crippen LogP contribution in [0.5, 0.6) is 5.75 Å². The summed E-state index contributed by atoms with van der Waals surface area (Å²) in [5.74, 6) is 1.82. The minimum Gasteiger partial charge on any atom is -0.488 e. The molecule has 17 heteroatoms. The van der Waals surface area contributed by atoms with Crippen molar-refractivity contribution in [2.24, 2.45) is 23.7 Å². The molecule has 4 amide bonds. The second-order valence-electron chi connectivity index (χ2n) is 21.4. The van der Waals surface area contributed by atoms with Crippen LogP contribution in [-0.4, -0.2) is 115 Å². The highest BCUT2D eigenvalue weighted by atomic mass is 16.5. The van der Waals surface area contributed by atoms with E-state index in [0.29, 0.717) is 56.8 Å². The van der Waals surface area contributed by atoms with E-state index in [0.717, 1.165) is 55.5 Å².